The van der Waals surface area contributed by atoms with Crippen molar-refractivity contribution < 1.29 is 9.90 Å². The van der Waals surface area contributed by atoms with Gasteiger partial charge in [-0.25, -0.2) is 0 Å². The van der Waals surface area contributed by atoms with Gasteiger partial charge >= 0.3 is 0 Å². The molecule has 0 aliphatic carbocycles. The highest BCUT2D eigenvalue weighted by Gasteiger charge is 2.16. The Morgan fingerprint density at radius 3 is 2.67 bits per heavy atom. The first kappa shape index (κ1) is 18.9. The summed E-state index contributed by atoms with van der Waals surface area (Å²) in [6, 6.07) is 7.80. The average Bonchev–Trinajstić information content (AvgIpc) is 2.60. The molecule has 2 rings (SSSR count). The molecule has 134 valence electrons. The average molecular weight is 333 g/mol. The van der Waals surface area contributed by atoms with Gasteiger partial charge in [-0.2, -0.15) is 0 Å². The van der Waals surface area contributed by atoms with Crippen LogP contribution in [0.4, 0.5) is 0 Å². The zero-order valence-electron chi connectivity index (χ0n) is 15.2. The van der Waals surface area contributed by atoms with E-state index < -0.39 is 6.10 Å². The summed E-state index contributed by atoms with van der Waals surface area (Å²) in [6.45, 7) is 9.52. The van der Waals surface area contributed by atoms with Crippen LogP contribution in [-0.4, -0.2) is 66.7 Å². The Kier molecular flexibility index (Phi) is 7.21. The van der Waals surface area contributed by atoms with Crippen LogP contribution in [0.25, 0.3) is 0 Å². The molecule has 1 saturated heterocycles. The summed E-state index contributed by atoms with van der Waals surface area (Å²) < 4.78 is 0. The molecule has 2 N–H and O–H groups in total. The Morgan fingerprint density at radius 1 is 1.29 bits per heavy atom. The summed E-state index contributed by atoms with van der Waals surface area (Å²) in [5.74, 6) is 0.0754. The molecule has 0 aromatic heterocycles. The van der Waals surface area contributed by atoms with Gasteiger partial charge in [0.15, 0.2) is 0 Å². The van der Waals surface area contributed by atoms with Crippen molar-refractivity contribution >= 4 is 5.91 Å². The lowest BCUT2D eigenvalue weighted by molar-refractivity contribution is 0.0850. The summed E-state index contributed by atoms with van der Waals surface area (Å²) in [7, 11) is 2.15. The number of nitrogens with zero attached hydrogens (tertiary/aromatic N) is 2. The Labute approximate surface area is 145 Å². The Balaban J connectivity index is 1.88. The molecule has 5 nitrogen and oxygen atoms in total. The third kappa shape index (κ3) is 5.58. The highest BCUT2D eigenvalue weighted by molar-refractivity contribution is 5.94. The van der Waals surface area contributed by atoms with Crippen molar-refractivity contribution in [2.45, 2.75) is 32.9 Å². The fraction of sp³-hybridized carbons (Fsp3) is 0.632. The fourth-order valence-electron chi connectivity index (χ4n) is 2.85. The fourth-order valence-corrected chi connectivity index (χ4v) is 2.85. The smallest absolute Gasteiger partial charge is 0.251 e. The van der Waals surface area contributed by atoms with Crippen molar-refractivity contribution in [2.24, 2.45) is 5.92 Å². The van der Waals surface area contributed by atoms with E-state index in [1.165, 1.54) is 0 Å². The van der Waals surface area contributed by atoms with Gasteiger partial charge in [0.2, 0.25) is 0 Å². The maximum Gasteiger partial charge on any atom is 0.251 e. The number of aliphatic hydroxyl groups is 1. The zero-order chi connectivity index (χ0) is 17.5. The van der Waals surface area contributed by atoms with Crippen LogP contribution in [-0.2, 0) is 6.54 Å². The number of hydrogen-bond donors (Lipinski definition) is 2. The normalized spacial score (nSPS) is 19.0. The second kappa shape index (κ2) is 9.16. The predicted octanol–water partition coefficient (Wildman–Crippen LogP) is 1.57. The lowest BCUT2D eigenvalue weighted by Gasteiger charge is -2.32. The number of nitrogens with one attached hydrogen (secondary N) is 1. The molecule has 1 fully saturated rings. The summed E-state index contributed by atoms with van der Waals surface area (Å²) in [5, 5.41) is 12.8. The third-order valence-corrected chi connectivity index (χ3v) is 4.96. The molecule has 1 heterocycles. The van der Waals surface area contributed by atoms with E-state index in [9.17, 15) is 9.90 Å². The molecular weight excluding hydrogens is 302 g/mol. The maximum absolute atomic E-state index is 12.3. The van der Waals surface area contributed by atoms with Crippen LogP contribution >= 0.6 is 0 Å². The number of rotatable bonds is 7. The van der Waals surface area contributed by atoms with Gasteiger partial charge in [0.05, 0.1) is 6.10 Å². The maximum atomic E-state index is 12.3. The lowest BCUT2D eigenvalue weighted by Crippen LogP contribution is -2.43. The van der Waals surface area contributed by atoms with E-state index in [-0.39, 0.29) is 11.8 Å². The largest absolute Gasteiger partial charge is 0.391 e. The third-order valence-electron chi connectivity index (χ3n) is 4.96. The summed E-state index contributed by atoms with van der Waals surface area (Å²) >= 11 is 0. The van der Waals surface area contributed by atoms with Crippen LogP contribution in [0.3, 0.4) is 0 Å². The van der Waals surface area contributed by atoms with Gasteiger partial charge in [-0.15, -0.1) is 0 Å². The van der Waals surface area contributed by atoms with Gasteiger partial charge in [-0.05, 0) is 30.7 Å². The van der Waals surface area contributed by atoms with E-state index in [1.54, 1.807) is 0 Å². The Bertz CT molecular complexity index is 527. The predicted molar refractivity (Wildman–Crippen MR) is 97.0 cm³/mol. The minimum Gasteiger partial charge on any atom is -0.391 e. The van der Waals surface area contributed by atoms with Crippen molar-refractivity contribution in [3.8, 4) is 0 Å². The van der Waals surface area contributed by atoms with Gasteiger partial charge in [0.1, 0.15) is 0 Å². The van der Waals surface area contributed by atoms with Crippen molar-refractivity contribution in [2.75, 3.05) is 39.8 Å². The van der Waals surface area contributed by atoms with E-state index >= 15 is 0 Å². The van der Waals surface area contributed by atoms with E-state index in [0.717, 1.165) is 44.7 Å². The molecule has 1 aliphatic heterocycles. The van der Waals surface area contributed by atoms with Crippen LogP contribution in [0.15, 0.2) is 24.3 Å². The summed E-state index contributed by atoms with van der Waals surface area (Å²) in [4.78, 5) is 17.1. The summed E-state index contributed by atoms with van der Waals surface area (Å²) in [5.41, 5.74) is 1.83. The molecule has 1 aromatic rings. The molecular formula is C19H31N3O2. The molecule has 24 heavy (non-hydrogen) atoms. The van der Waals surface area contributed by atoms with Gasteiger partial charge in [-0.1, -0.05) is 32.4 Å². The molecule has 0 spiro atoms. The van der Waals surface area contributed by atoms with Gasteiger partial charge in [0.25, 0.3) is 5.91 Å². The lowest BCUT2D eigenvalue weighted by atomic mass is 10.0. The Hall–Kier alpha value is -1.43. The van der Waals surface area contributed by atoms with E-state index in [0.29, 0.717) is 12.1 Å². The molecule has 2 atom stereocenters. The molecule has 0 bridgehead atoms. The highest BCUT2D eigenvalue weighted by Crippen LogP contribution is 2.11. The number of carbonyl (C=O) groups is 1. The van der Waals surface area contributed by atoms with Gasteiger partial charge in [-0.3, -0.25) is 9.69 Å². The first-order chi connectivity index (χ1) is 11.5. The second-order valence-electron chi connectivity index (χ2n) is 6.94. The number of likely N-dealkylation sites (N-methyl/N-ethyl adjacent to an activating group) is 1. The first-order valence-electron chi connectivity index (χ1n) is 8.95. The number of amides is 1. The molecule has 0 radical (unpaired) electrons. The van der Waals surface area contributed by atoms with Crippen LogP contribution in [0.2, 0.25) is 0 Å². The summed E-state index contributed by atoms with van der Waals surface area (Å²) in [6.07, 6.45) is 0.407. The van der Waals surface area contributed by atoms with E-state index in [2.05, 4.69) is 28.2 Å². The van der Waals surface area contributed by atoms with E-state index in [4.69, 9.17) is 0 Å². The standard InChI is InChI=1S/C19H31N3O2/c1-4-15(2)18(23)13-20-19(24)17-7-5-6-16(12-17)14-22-10-8-21(3)9-11-22/h5-7,12,15,18,23H,4,8-11,13-14H2,1-3H3,(H,20,24). The second-order valence-corrected chi connectivity index (χ2v) is 6.94. The topological polar surface area (TPSA) is 55.8 Å². The van der Waals surface area contributed by atoms with Crippen molar-refractivity contribution in [3.05, 3.63) is 35.4 Å². The molecule has 0 saturated carbocycles. The van der Waals surface area contributed by atoms with Crippen LogP contribution < -0.4 is 5.32 Å². The number of benzene rings is 1. The highest BCUT2D eigenvalue weighted by atomic mass is 16.3. The number of aliphatic hydroxyl groups excluding tert-OH is 1. The molecule has 2 unspecified atom stereocenters. The van der Waals surface area contributed by atoms with E-state index in [1.807, 2.05) is 32.0 Å². The Morgan fingerprint density at radius 2 is 2.00 bits per heavy atom. The van der Waals surface area contributed by atoms with Gasteiger partial charge in [0, 0.05) is 44.8 Å². The first-order valence-corrected chi connectivity index (χ1v) is 8.95. The minimum atomic E-state index is -0.493. The number of hydrogen-bond acceptors (Lipinski definition) is 4. The van der Waals surface area contributed by atoms with Crippen LogP contribution in [0.5, 0.6) is 0 Å². The van der Waals surface area contributed by atoms with Gasteiger partial charge < -0.3 is 15.3 Å². The number of piperazine rings is 1. The van der Waals surface area contributed by atoms with Crippen molar-refractivity contribution in [1.82, 2.24) is 15.1 Å². The molecule has 1 amide bonds. The molecule has 5 heteroatoms. The quantitative estimate of drug-likeness (QED) is 0.795. The molecule has 1 aromatic carbocycles. The molecule has 1 aliphatic rings. The van der Waals surface area contributed by atoms with Crippen LogP contribution in [0.1, 0.15) is 36.2 Å². The minimum absolute atomic E-state index is 0.113. The van der Waals surface area contributed by atoms with Crippen molar-refractivity contribution in [3.63, 3.8) is 0 Å². The van der Waals surface area contributed by atoms with Crippen LogP contribution in [0, 0.1) is 5.92 Å². The number of carbonyl (C=O) groups excluding carboxylic acids is 1. The SMILES string of the molecule is CCC(C)C(O)CNC(=O)c1cccc(CN2CCN(C)CC2)c1. The zero-order valence-corrected chi connectivity index (χ0v) is 15.2. The van der Waals surface area contributed by atoms with Crippen molar-refractivity contribution in [1.29, 1.82) is 0 Å². The monoisotopic (exact) mass is 333 g/mol.